The Hall–Kier alpha value is -2.87. The van der Waals surface area contributed by atoms with E-state index in [0.29, 0.717) is 26.6 Å². The zero-order chi connectivity index (χ0) is 34.5. The van der Waals surface area contributed by atoms with Gasteiger partial charge in [0.2, 0.25) is 0 Å². The Morgan fingerprint density at radius 2 is 1.53 bits per heavy atom. The number of pyridine rings is 1. The molecule has 2 atom stereocenters. The standard InChI is InChI=1S/C41H57F2N3O2Si/c1-4-5-10-15-30(2)16-11-6-7-12-17-31(3)49-37-26-36(46-39-38(37)48-29-41(39,42)43)40-44-27-34(28-45-40)33-21-23-35(24-22-33)47-25-14-9-8-13-18-32-19-20-32/h21-24,26-28,30-32H,4-20,25,29H2,1-3H3. The molecule has 5 rings (SSSR count). The van der Waals surface area contributed by atoms with E-state index in [4.69, 9.17) is 9.47 Å². The van der Waals surface area contributed by atoms with Crippen molar-refractivity contribution in [1.29, 1.82) is 0 Å². The number of aromatic nitrogens is 3. The van der Waals surface area contributed by atoms with Crippen molar-refractivity contribution in [3.05, 3.63) is 48.4 Å². The van der Waals surface area contributed by atoms with Crippen molar-refractivity contribution in [2.75, 3.05) is 13.2 Å². The van der Waals surface area contributed by atoms with Gasteiger partial charge in [-0.2, -0.15) is 8.78 Å². The molecule has 2 unspecified atom stereocenters. The summed E-state index contributed by atoms with van der Waals surface area (Å²) in [7, 11) is 0.354. The molecular weight excluding hydrogens is 633 g/mol. The van der Waals surface area contributed by atoms with Crippen molar-refractivity contribution in [3.8, 4) is 34.1 Å². The molecule has 0 N–H and O–H groups in total. The Kier molecular flexibility index (Phi) is 14.4. The molecule has 1 aliphatic heterocycles. The van der Waals surface area contributed by atoms with Crippen molar-refractivity contribution >= 4 is 14.7 Å². The minimum atomic E-state index is -3.12. The molecule has 8 heteroatoms. The summed E-state index contributed by atoms with van der Waals surface area (Å²) in [4.78, 5) is 13.5. The lowest BCUT2D eigenvalue weighted by Crippen LogP contribution is -2.22. The van der Waals surface area contributed by atoms with E-state index >= 15 is 0 Å². The number of hydrogen-bond acceptors (Lipinski definition) is 5. The van der Waals surface area contributed by atoms with E-state index in [1.54, 1.807) is 12.4 Å². The van der Waals surface area contributed by atoms with Crippen molar-refractivity contribution in [1.82, 2.24) is 15.0 Å². The third kappa shape index (κ3) is 11.9. The minimum absolute atomic E-state index is 0.253. The second-order valence-electron chi connectivity index (χ2n) is 14.7. The summed E-state index contributed by atoms with van der Waals surface area (Å²) >= 11 is 0. The molecule has 1 saturated carbocycles. The van der Waals surface area contributed by atoms with Crippen LogP contribution in [0.25, 0.3) is 22.6 Å². The first-order chi connectivity index (χ1) is 23.8. The molecule has 2 aliphatic rings. The summed E-state index contributed by atoms with van der Waals surface area (Å²) in [5.41, 5.74) is 2.28. The highest BCUT2D eigenvalue weighted by atomic mass is 28.2. The molecule has 1 fully saturated rings. The van der Waals surface area contributed by atoms with Crippen LogP contribution in [0.5, 0.6) is 11.5 Å². The quantitative estimate of drug-likeness (QED) is 0.0733. The maximum atomic E-state index is 14.9. The number of hydrogen-bond donors (Lipinski definition) is 0. The second kappa shape index (κ2) is 18.9. The summed E-state index contributed by atoms with van der Waals surface area (Å²) in [6, 6.07) is 9.83. The fourth-order valence-corrected chi connectivity index (χ4v) is 8.16. The summed E-state index contributed by atoms with van der Waals surface area (Å²) in [5.74, 6) is 0.175. The Morgan fingerprint density at radius 3 is 2.24 bits per heavy atom. The molecule has 1 aliphatic carbocycles. The smallest absolute Gasteiger partial charge is 0.326 e. The van der Waals surface area contributed by atoms with Gasteiger partial charge in [-0.15, -0.1) is 0 Å². The van der Waals surface area contributed by atoms with E-state index in [9.17, 15) is 8.78 Å². The lowest BCUT2D eigenvalue weighted by Gasteiger charge is -2.15. The van der Waals surface area contributed by atoms with Gasteiger partial charge in [0.1, 0.15) is 17.2 Å². The van der Waals surface area contributed by atoms with Crippen molar-refractivity contribution in [3.63, 3.8) is 0 Å². The van der Waals surface area contributed by atoms with E-state index in [0.717, 1.165) is 59.8 Å². The Labute approximate surface area is 296 Å². The number of halogens is 2. The van der Waals surface area contributed by atoms with Crippen molar-refractivity contribution in [2.45, 2.75) is 141 Å². The largest absolute Gasteiger partial charge is 0.494 e. The average Bonchev–Trinajstić information content (AvgIpc) is 3.88. The zero-order valence-corrected chi connectivity index (χ0v) is 31.1. The highest BCUT2D eigenvalue weighted by Crippen LogP contribution is 2.40. The molecule has 0 bridgehead atoms. The highest BCUT2D eigenvalue weighted by molar-refractivity contribution is 6.56. The highest BCUT2D eigenvalue weighted by Gasteiger charge is 2.45. The van der Waals surface area contributed by atoms with Crippen LogP contribution in [0.4, 0.5) is 8.78 Å². The fraction of sp³-hybridized carbons (Fsp3) is 0.634. The Bertz CT molecular complexity index is 1420. The van der Waals surface area contributed by atoms with Crippen LogP contribution in [0.15, 0.2) is 42.7 Å². The van der Waals surface area contributed by atoms with E-state index < -0.39 is 12.5 Å². The molecule has 3 aromatic rings. The number of rotatable bonds is 23. The first kappa shape index (κ1) is 37.4. The van der Waals surface area contributed by atoms with E-state index in [2.05, 4.69) is 35.7 Å². The normalized spacial score (nSPS) is 16.3. The summed E-state index contributed by atoms with van der Waals surface area (Å²) in [6.45, 7) is 6.93. The Balaban J connectivity index is 1.11. The topological polar surface area (TPSA) is 57.1 Å². The lowest BCUT2D eigenvalue weighted by atomic mass is 9.96. The molecule has 0 saturated heterocycles. The molecule has 0 spiro atoms. The average molecular weight is 690 g/mol. The lowest BCUT2D eigenvalue weighted by molar-refractivity contribution is -0.0243. The molecule has 0 amide bonds. The van der Waals surface area contributed by atoms with Gasteiger partial charge in [-0.1, -0.05) is 136 Å². The van der Waals surface area contributed by atoms with Crippen LogP contribution in [-0.2, 0) is 5.92 Å². The summed E-state index contributed by atoms with van der Waals surface area (Å²) < 4.78 is 41.2. The van der Waals surface area contributed by atoms with Crippen LogP contribution in [0, 0.1) is 11.8 Å². The van der Waals surface area contributed by atoms with Gasteiger partial charge in [0.05, 0.1) is 16.1 Å². The third-order valence-corrected chi connectivity index (χ3v) is 11.5. The fourth-order valence-electron chi connectivity index (χ4n) is 6.74. The van der Waals surface area contributed by atoms with E-state index in [1.165, 1.54) is 89.9 Å². The van der Waals surface area contributed by atoms with Gasteiger partial charge in [-0.25, -0.2) is 15.0 Å². The van der Waals surface area contributed by atoms with Crippen molar-refractivity contribution in [2.24, 2.45) is 11.8 Å². The van der Waals surface area contributed by atoms with Crippen LogP contribution in [0.2, 0.25) is 5.54 Å². The predicted molar refractivity (Wildman–Crippen MR) is 197 cm³/mol. The molecular formula is C41H57F2N3O2Si. The zero-order valence-electron chi connectivity index (χ0n) is 30.1. The predicted octanol–water partition coefficient (Wildman–Crippen LogP) is 11.1. The van der Waals surface area contributed by atoms with Gasteiger partial charge in [-0.05, 0) is 52.7 Å². The first-order valence-corrected chi connectivity index (χ1v) is 20.3. The molecule has 5 nitrogen and oxygen atoms in total. The molecule has 266 valence electrons. The van der Waals surface area contributed by atoms with Gasteiger partial charge >= 0.3 is 5.92 Å². The van der Waals surface area contributed by atoms with Gasteiger partial charge in [0.15, 0.2) is 18.1 Å². The SMILES string of the molecule is CCCCCC(C)CCCCCCC(C)[Si]c1cc(-c2ncc(-c3ccc(OCCCCCCC4CC4)cc3)cn2)nc2c1OCC2(F)F. The number of unbranched alkanes of at least 4 members (excludes halogenated alkanes) is 8. The number of benzene rings is 1. The number of ether oxygens (including phenoxy) is 2. The number of nitrogens with zero attached hydrogens (tertiary/aromatic N) is 3. The third-order valence-electron chi connectivity index (χ3n) is 10.0. The number of alkyl halides is 2. The van der Waals surface area contributed by atoms with Crippen LogP contribution < -0.4 is 14.7 Å². The molecule has 49 heavy (non-hydrogen) atoms. The van der Waals surface area contributed by atoms with Gasteiger partial charge < -0.3 is 9.47 Å². The Morgan fingerprint density at radius 1 is 0.857 bits per heavy atom. The van der Waals surface area contributed by atoms with E-state index in [-0.39, 0.29) is 11.4 Å². The molecule has 2 aromatic heterocycles. The summed E-state index contributed by atoms with van der Waals surface area (Å²) in [6.07, 6.45) is 25.4. The van der Waals surface area contributed by atoms with Gasteiger partial charge in [0.25, 0.3) is 0 Å². The molecule has 2 radical (unpaired) electrons. The monoisotopic (exact) mass is 689 g/mol. The van der Waals surface area contributed by atoms with Crippen LogP contribution in [-0.4, -0.2) is 37.7 Å². The van der Waals surface area contributed by atoms with Crippen LogP contribution in [0.1, 0.15) is 136 Å². The van der Waals surface area contributed by atoms with Gasteiger partial charge in [0, 0.05) is 18.0 Å². The summed E-state index contributed by atoms with van der Waals surface area (Å²) in [5, 5.41) is 0.798. The maximum absolute atomic E-state index is 14.9. The second-order valence-corrected chi connectivity index (χ2v) is 16.5. The molecule has 1 aromatic carbocycles. The minimum Gasteiger partial charge on any atom is -0.494 e. The van der Waals surface area contributed by atoms with Crippen LogP contribution in [0.3, 0.4) is 0 Å². The van der Waals surface area contributed by atoms with Crippen molar-refractivity contribution < 1.29 is 18.3 Å². The number of fused-ring (bicyclic) bond motifs is 1. The maximum Gasteiger partial charge on any atom is 0.326 e. The first-order valence-electron chi connectivity index (χ1n) is 19.2. The van der Waals surface area contributed by atoms with E-state index in [1.807, 2.05) is 30.3 Å². The van der Waals surface area contributed by atoms with Gasteiger partial charge in [-0.3, -0.25) is 0 Å². The molecule has 3 heterocycles. The van der Waals surface area contributed by atoms with Crippen LogP contribution >= 0.6 is 0 Å².